The molecule has 0 N–H and O–H groups in total. The second-order valence-electron chi connectivity index (χ2n) is 1.26. The van der Waals surface area contributed by atoms with Crippen molar-refractivity contribution in [2.75, 3.05) is 0 Å². The molecule has 7 heavy (non-hydrogen) atoms. The van der Waals surface area contributed by atoms with Crippen molar-refractivity contribution in [3.05, 3.63) is 22.9 Å². The van der Waals surface area contributed by atoms with Gasteiger partial charge in [-0.1, -0.05) is 0 Å². The summed E-state index contributed by atoms with van der Waals surface area (Å²) >= 11 is 0. The van der Waals surface area contributed by atoms with E-state index in [1.54, 1.807) is 0 Å². The van der Waals surface area contributed by atoms with Crippen LogP contribution in [0.15, 0.2) is 22.9 Å². The van der Waals surface area contributed by atoms with E-state index in [0.29, 0.717) is 10.5 Å². The molecule has 1 rings (SSSR count). The Kier molecular flexibility index (Phi) is 3.05. The molecule has 1 aromatic rings. The molecule has 0 aromatic carbocycles. The van der Waals surface area contributed by atoms with E-state index < -0.39 is 0 Å². The van der Waals surface area contributed by atoms with Crippen LogP contribution < -0.4 is 12.4 Å². The Balaban J connectivity index is 0.000000360. The van der Waals surface area contributed by atoms with Gasteiger partial charge in [-0.2, -0.15) is 0 Å². The standard InChI is InChI=1S/C5H7S.ClH/c1-6-4-2-3-5-6;/h2-5H,1H3;1H/q+1;/p-1. The summed E-state index contributed by atoms with van der Waals surface area (Å²) in [6, 6.07) is 4.17. The van der Waals surface area contributed by atoms with Gasteiger partial charge in [0, 0.05) is 0 Å². The van der Waals surface area contributed by atoms with E-state index in [-0.39, 0.29) is 12.4 Å². The SMILES string of the molecule is C[s+]1cccc1.[Cl-]. The summed E-state index contributed by atoms with van der Waals surface area (Å²) < 4.78 is 0. The topological polar surface area (TPSA) is 0 Å². The van der Waals surface area contributed by atoms with Crippen molar-refractivity contribution < 1.29 is 12.4 Å². The zero-order valence-corrected chi connectivity index (χ0v) is 5.67. The molecule has 0 bridgehead atoms. The molecule has 0 aliphatic rings. The van der Waals surface area contributed by atoms with E-state index in [4.69, 9.17) is 0 Å². The lowest BCUT2D eigenvalue weighted by molar-refractivity contribution is -0.00000130. The minimum Gasteiger partial charge on any atom is -1.00 e. The predicted octanol–water partition coefficient (Wildman–Crippen LogP) is -1.02. The lowest BCUT2D eigenvalue weighted by Gasteiger charge is -1.56. The maximum absolute atomic E-state index is 2.19. The monoisotopic (exact) mass is 134 g/mol. The van der Waals surface area contributed by atoms with Crippen LogP contribution in [-0.2, 0) is 6.26 Å². The minimum atomic E-state index is 0. The maximum Gasteiger partial charge on any atom is 0.137 e. The van der Waals surface area contributed by atoms with Crippen molar-refractivity contribution in [3.8, 4) is 0 Å². The summed E-state index contributed by atoms with van der Waals surface area (Å²) in [6.07, 6.45) is 2.19. The first-order valence-corrected chi connectivity index (χ1v) is 3.64. The van der Waals surface area contributed by atoms with Crippen molar-refractivity contribution in [1.29, 1.82) is 0 Å². The van der Waals surface area contributed by atoms with Crippen LogP contribution in [-0.4, -0.2) is 0 Å². The van der Waals surface area contributed by atoms with Gasteiger partial charge in [0.15, 0.2) is 0 Å². The van der Waals surface area contributed by atoms with E-state index in [1.165, 1.54) is 0 Å². The van der Waals surface area contributed by atoms with E-state index in [1.807, 2.05) is 0 Å². The lowest BCUT2D eigenvalue weighted by Crippen LogP contribution is -3.00. The van der Waals surface area contributed by atoms with Gasteiger partial charge in [-0.05, 0) is 22.6 Å². The highest BCUT2D eigenvalue weighted by Crippen LogP contribution is 2.08. The third kappa shape index (κ3) is 1.95. The van der Waals surface area contributed by atoms with Crippen LogP contribution in [0.5, 0.6) is 0 Å². The van der Waals surface area contributed by atoms with Gasteiger partial charge in [0.1, 0.15) is 17.0 Å². The van der Waals surface area contributed by atoms with Crippen molar-refractivity contribution in [3.63, 3.8) is 0 Å². The van der Waals surface area contributed by atoms with E-state index in [2.05, 4.69) is 29.1 Å². The van der Waals surface area contributed by atoms with Crippen LogP contribution in [0.1, 0.15) is 0 Å². The summed E-state index contributed by atoms with van der Waals surface area (Å²) in [7, 11) is 0.466. The van der Waals surface area contributed by atoms with Gasteiger partial charge in [-0.25, -0.2) is 0 Å². The first kappa shape index (κ1) is 6.99. The van der Waals surface area contributed by atoms with Crippen molar-refractivity contribution in [1.82, 2.24) is 0 Å². The molecule has 0 saturated carbocycles. The number of rotatable bonds is 0. The number of aryl methyl sites for hydroxylation is 1. The smallest absolute Gasteiger partial charge is 0.137 e. The number of halogens is 1. The molecule has 0 saturated heterocycles. The van der Waals surface area contributed by atoms with Crippen molar-refractivity contribution in [2.24, 2.45) is 6.26 Å². The third-order valence-corrected chi connectivity index (χ3v) is 1.87. The second kappa shape index (κ2) is 3.05. The van der Waals surface area contributed by atoms with Crippen molar-refractivity contribution in [2.45, 2.75) is 0 Å². The van der Waals surface area contributed by atoms with Gasteiger partial charge in [0.25, 0.3) is 0 Å². The molecule has 2 heteroatoms. The van der Waals surface area contributed by atoms with Gasteiger partial charge in [-0.15, -0.1) is 0 Å². The molecule has 0 amide bonds. The first-order valence-electron chi connectivity index (χ1n) is 1.88. The van der Waals surface area contributed by atoms with Crippen molar-refractivity contribution >= 4 is 10.5 Å². The Morgan fingerprint density at radius 3 is 1.71 bits per heavy atom. The van der Waals surface area contributed by atoms with Gasteiger partial charge < -0.3 is 12.4 Å². The summed E-state index contributed by atoms with van der Waals surface area (Å²) in [4.78, 5) is 0. The fraction of sp³-hybridized carbons (Fsp3) is 0.200. The van der Waals surface area contributed by atoms with Crippen LogP contribution in [0.2, 0.25) is 0 Å². The molecule has 0 unspecified atom stereocenters. The maximum atomic E-state index is 2.19. The van der Waals surface area contributed by atoms with E-state index in [0.717, 1.165) is 0 Å². The Hall–Kier alpha value is -0.0100. The van der Waals surface area contributed by atoms with Crippen LogP contribution in [0.25, 0.3) is 0 Å². The third-order valence-electron chi connectivity index (χ3n) is 0.698. The normalized spacial score (nSPS) is 7.57. The van der Waals surface area contributed by atoms with E-state index in [9.17, 15) is 0 Å². The zero-order chi connectivity index (χ0) is 4.41. The second-order valence-corrected chi connectivity index (χ2v) is 3.02. The van der Waals surface area contributed by atoms with Gasteiger partial charge >= 0.3 is 0 Å². The molecule has 1 heterocycles. The Labute approximate surface area is 52.6 Å². The molecule has 40 valence electrons. The summed E-state index contributed by atoms with van der Waals surface area (Å²) in [5.41, 5.74) is 0. The molecule has 0 fully saturated rings. The summed E-state index contributed by atoms with van der Waals surface area (Å²) in [5, 5.41) is 4.39. The highest BCUT2D eigenvalue weighted by atomic mass is 35.5. The van der Waals surface area contributed by atoms with Crippen LogP contribution in [0.3, 0.4) is 0 Å². The molecular formula is C5H7ClS. The number of hydrogen-bond acceptors (Lipinski definition) is 0. The highest BCUT2D eigenvalue weighted by Gasteiger charge is 1.84. The molecule has 0 spiro atoms. The molecule has 0 atom stereocenters. The Morgan fingerprint density at radius 1 is 1.14 bits per heavy atom. The fourth-order valence-electron chi connectivity index (χ4n) is 0.384. The van der Waals surface area contributed by atoms with Crippen LogP contribution in [0.4, 0.5) is 0 Å². The van der Waals surface area contributed by atoms with Crippen LogP contribution >= 0.6 is 10.5 Å². The van der Waals surface area contributed by atoms with Crippen LogP contribution in [0, 0.1) is 0 Å². The van der Waals surface area contributed by atoms with Gasteiger partial charge in [-0.3, -0.25) is 0 Å². The number of thiophene rings is 1. The summed E-state index contributed by atoms with van der Waals surface area (Å²) in [6.45, 7) is 0. The summed E-state index contributed by atoms with van der Waals surface area (Å²) in [5.74, 6) is 0. The fourth-order valence-corrected chi connectivity index (χ4v) is 1.15. The highest BCUT2D eigenvalue weighted by molar-refractivity contribution is 7.26. The Morgan fingerprint density at radius 2 is 1.57 bits per heavy atom. The first-order chi connectivity index (χ1) is 2.89. The molecular weight excluding hydrogens is 128 g/mol. The molecule has 0 aliphatic carbocycles. The average Bonchev–Trinajstić information content (AvgIpc) is 1.86. The average molecular weight is 135 g/mol. The minimum absolute atomic E-state index is 0. The largest absolute Gasteiger partial charge is 1.00 e. The van der Waals surface area contributed by atoms with E-state index >= 15 is 0 Å². The Bertz CT molecular complexity index is 112. The molecule has 0 radical (unpaired) electrons. The molecule has 0 nitrogen and oxygen atoms in total. The molecule has 1 aromatic heterocycles. The molecule has 0 aliphatic heterocycles. The lowest BCUT2D eigenvalue weighted by atomic mass is 10.7. The predicted molar refractivity (Wildman–Crippen MR) is 29.9 cm³/mol. The number of hydrogen-bond donors (Lipinski definition) is 0. The van der Waals surface area contributed by atoms with Gasteiger partial charge in [0.05, 0.1) is 0 Å². The zero-order valence-electron chi connectivity index (χ0n) is 4.10. The quantitative estimate of drug-likeness (QED) is 0.399. The van der Waals surface area contributed by atoms with Gasteiger partial charge in [0.2, 0.25) is 0 Å².